The van der Waals surface area contributed by atoms with Crippen molar-refractivity contribution in [2.45, 2.75) is 31.9 Å². The molecule has 1 aromatic rings. The molecule has 0 bridgehead atoms. The molecule has 0 radical (unpaired) electrons. The first-order chi connectivity index (χ1) is 10.1. The SMILES string of the molecule is NCCCC[C@@H](C(=O)O)N(OCc1ccccc1)C(=O)O. The summed E-state index contributed by atoms with van der Waals surface area (Å²) in [6, 6.07) is 7.71. The molecule has 4 N–H and O–H groups in total. The van der Waals surface area contributed by atoms with E-state index in [1.807, 2.05) is 6.07 Å². The molecule has 21 heavy (non-hydrogen) atoms. The van der Waals surface area contributed by atoms with Gasteiger partial charge < -0.3 is 15.9 Å². The summed E-state index contributed by atoms with van der Waals surface area (Å²) in [6.45, 7) is 0.429. The van der Waals surface area contributed by atoms with E-state index in [0.29, 0.717) is 24.4 Å². The van der Waals surface area contributed by atoms with Crippen LogP contribution >= 0.6 is 0 Å². The zero-order valence-corrected chi connectivity index (χ0v) is 11.6. The molecule has 0 aliphatic rings. The van der Waals surface area contributed by atoms with Crippen molar-refractivity contribution in [1.82, 2.24) is 5.06 Å². The summed E-state index contributed by atoms with van der Waals surface area (Å²) < 4.78 is 0. The number of benzene rings is 1. The second kappa shape index (κ2) is 8.93. The van der Waals surface area contributed by atoms with E-state index in [1.165, 1.54) is 0 Å². The average Bonchev–Trinajstić information content (AvgIpc) is 2.46. The molecule has 0 fully saturated rings. The molecule has 0 unspecified atom stereocenters. The average molecular weight is 296 g/mol. The van der Waals surface area contributed by atoms with Crippen molar-refractivity contribution in [1.29, 1.82) is 0 Å². The smallest absolute Gasteiger partial charge is 0.432 e. The molecular formula is C14H20N2O5. The van der Waals surface area contributed by atoms with Crippen LogP contribution in [0.15, 0.2) is 30.3 Å². The van der Waals surface area contributed by atoms with Crippen molar-refractivity contribution < 1.29 is 24.6 Å². The molecule has 1 rings (SSSR count). The number of aliphatic carboxylic acids is 1. The minimum absolute atomic E-state index is 0.00614. The Morgan fingerprint density at radius 1 is 1.19 bits per heavy atom. The highest BCUT2D eigenvalue weighted by Crippen LogP contribution is 2.13. The Balaban J connectivity index is 2.68. The van der Waals surface area contributed by atoms with Gasteiger partial charge in [0.05, 0.1) is 0 Å². The fourth-order valence-electron chi connectivity index (χ4n) is 1.82. The molecule has 0 saturated heterocycles. The third kappa shape index (κ3) is 5.80. The van der Waals surface area contributed by atoms with Crippen LogP contribution in [0.5, 0.6) is 0 Å². The van der Waals surface area contributed by atoms with E-state index in [4.69, 9.17) is 15.7 Å². The van der Waals surface area contributed by atoms with Crippen molar-refractivity contribution in [3.05, 3.63) is 35.9 Å². The first kappa shape index (κ1) is 16.9. The number of hydrogen-bond donors (Lipinski definition) is 3. The van der Waals surface area contributed by atoms with Gasteiger partial charge in [0.2, 0.25) is 0 Å². The quantitative estimate of drug-likeness (QED) is 0.472. The molecule has 0 spiro atoms. The van der Waals surface area contributed by atoms with Crippen LogP contribution in [0.4, 0.5) is 4.79 Å². The van der Waals surface area contributed by atoms with E-state index in [1.54, 1.807) is 24.3 Å². The molecule has 0 aliphatic carbocycles. The number of amides is 1. The van der Waals surface area contributed by atoms with E-state index >= 15 is 0 Å². The highest BCUT2D eigenvalue weighted by molar-refractivity contribution is 5.78. The molecule has 0 heterocycles. The summed E-state index contributed by atoms with van der Waals surface area (Å²) in [4.78, 5) is 27.6. The highest BCUT2D eigenvalue weighted by Gasteiger charge is 2.30. The van der Waals surface area contributed by atoms with Crippen LogP contribution in [0, 0.1) is 0 Å². The Bertz CT molecular complexity index is 452. The molecular weight excluding hydrogens is 276 g/mol. The van der Waals surface area contributed by atoms with Gasteiger partial charge in [0.1, 0.15) is 6.61 Å². The monoisotopic (exact) mass is 296 g/mol. The van der Waals surface area contributed by atoms with Crippen LogP contribution in [-0.4, -0.2) is 39.9 Å². The Kier molecular flexibility index (Phi) is 7.20. The summed E-state index contributed by atoms with van der Waals surface area (Å²) in [6.07, 6.45) is -0.110. The molecule has 7 nitrogen and oxygen atoms in total. The van der Waals surface area contributed by atoms with Gasteiger partial charge in [0, 0.05) is 0 Å². The molecule has 1 atom stereocenters. The lowest BCUT2D eigenvalue weighted by atomic mass is 10.1. The van der Waals surface area contributed by atoms with Crippen molar-refractivity contribution >= 4 is 12.1 Å². The van der Waals surface area contributed by atoms with Gasteiger partial charge in [-0.05, 0) is 31.4 Å². The van der Waals surface area contributed by atoms with E-state index in [9.17, 15) is 14.7 Å². The zero-order chi connectivity index (χ0) is 15.7. The minimum Gasteiger partial charge on any atom is -0.480 e. The predicted molar refractivity (Wildman–Crippen MR) is 75.4 cm³/mol. The summed E-state index contributed by atoms with van der Waals surface area (Å²) >= 11 is 0. The fraction of sp³-hybridized carbons (Fsp3) is 0.429. The van der Waals surface area contributed by atoms with E-state index in [-0.39, 0.29) is 13.0 Å². The van der Waals surface area contributed by atoms with Crippen LogP contribution in [-0.2, 0) is 16.2 Å². The first-order valence-electron chi connectivity index (χ1n) is 6.68. The predicted octanol–water partition coefficient (Wildman–Crippen LogP) is 1.68. The Morgan fingerprint density at radius 2 is 1.86 bits per heavy atom. The van der Waals surface area contributed by atoms with Crippen LogP contribution in [0.1, 0.15) is 24.8 Å². The molecule has 0 saturated carbocycles. The number of hydrogen-bond acceptors (Lipinski definition) is 4. The lowest BCUT2D eigenvalue weighted by Gasteiger charge is -2.25. The standard InChI is InChI=1S/C14H20N2O5/c15-9-5-4-8-12(13(17)18)16(14(19)20)21-10-11-6-2-1-3-7-11/h1-3,6-7,12H,4-5,8-10,15H2,(H,17,18)(H,19,20)/t12-/m0/s1. The fourth-order valence-corrected chi connectivity index (χ4v) is 1.82. The van der Waals surface area contributed by atoms with E-state index in [0.717, 1.165) is 5.56 Å². The van der Waals surface area contributed by atoms with Gasteiger partial charge in [-0.25, -0.2) is 9.59 Å². The van der Waals surface area contributed by atoms with Gasteiger partial charge in [-0.15, -0.1) is 0 Å². The molecule has 7 heteroatoms. The van der Waals surface area contributed by atoms with Crippen LogP contribution in [0.3, 0.4) is 0 Å². The lowest BCUT2D eigenvalue weighted by Crippen LogP contribution is -2.44. The van der Waals surface area contributed by atoms with Crippen molar-refractivity contribution in [3.63, 3.8) is 0 Å². The minimum atomic E-state index is -1.42. The van der Waals surface area contributed by atoms with Gasteiger partial charge in [0.25, 0.3) is 0 Å². The topological polar surface area (TPSA) is 113 Å². The maximum Gasteiger partial charge on any atom is 0.432 e. The van der Waals surface area contributed by atoms with Crippen molar-refractivity contribution in [2.24, 2.45) is 5.73 Å². The number of carboxylic acid groups (broad SMARTS) is 2. The summed E-state index contributed by atoms with van der Waals surface area (Å²) in [5.74, 6) is -1.23. The van der Waals surface area contributed by atoms with E-state index in [2.05, 4.69) is 0 Å². The zero-order valence-electron chi connectivity index (χ0n) is 11.6. The van der Waals surface area contributed by atoms with Crippen molar-refractivity contribution in [3.8, 4) is 0 Å². The number of rotatable bonds is 9. The molecule has 1 amide bonds. The third-order valence-electron chi connectivity index (χ3n) is 2.90. The van der Waals surface area contributed by atoms with Crippen LogP contribution in [0.2, 0.25) is 0 Å². The van der Waals surface area contributed by atoms with Gasteiger partial charge in [-0.2, -0.15) is 5.06 Å². The number of hydroxylamine groups is 2. The first-order valence-corrected chi connectivity index (χ1v) is 6.68. The van der Waals surface area contributed by atoms with Gasteiger partial charge in [-0.3, -0.25) is 4.84 Å². The van der Waals surface area contributed by atoms with Crippen molar-refractivity contribution in [2.75, 3.05) is 6.54 Å². The van der Waals surface area contributed by atoms with E-state index < -0.39 is 18.1 Å². The summed E-state index contributed by atoms with van der Waals surface area (Å²) in [5, 5.41) is 18.8. The van der Waals surface area contributed by atoms with Crippen LogP contribution < -0.4 is 5.73 Å². The third-order valence-corrected chi connectivity index (χ3v) is 2.90. The molecule has 0 aliphatic heterocycles. The number of unbranched alkanes of at least 4 members (excludes halogenated alkanes) is 1. The maximum atomic E-state index is 11.2. The Labute approximate surface area is 122 Å². The summed E-state index contributed by atoms with van der Waals surface area (Å²) in [7, 11) is 0. The lowest BCUT2D eigenvalue weighted by molar-refractivity contribution is -0.186. The number of carboxylic acids is 1. The van der Waals surface area contributed by atoms with Gasteiger partial charge in [0.15, 0.2) is 6.04 Å². The largest absolute Gasteiger partial charge is 0.480 e. The van der Waals surface area contributed by atoms with Gasteiger partial charge in [-0.1, -0.05) is 30.3 Å². The van der Waals surface area contributed by atoms with Crippen LogP contribution in [0.25, 0.3) is 0 Å². The summed E-state index contributed by atoms with van der Waals surface area (Å²) in [5.41, 5.74) is 6.11. The maximum absolute atomic E-state index is 11.2. The molecule has 116 valence electrons. The molecule has 1 aromatic carbocycles. The second-order valence-corrected chi connectivity index (χ2v) is 4.51. The number of nitrogens with two attached hydrogens (primary N) is 1. The number of nitrogens with zero attached hydrogens (tertiary/aromatic N) is 1. The highest BCUT2D eigenvalue weighted by atomic mass is 16.7. The van der Waals surface area contributed by atoms with Gasteiger partial charge >= 0.3 is 12.1 Å². The Hall–Kier alpha value is -2.12. The molecule has 0 aromatic heterocycles. The Morgan fingerprint density at radius 3 is 2.38 bits per heavy atom. The number of carbonyl (C=O) groups is 2. The second-order valence-electron chi connectivity index (χ2n) is 4.51. The normalized spacial score (nSPS) is 11.9.